The Morgan fingerprint density at radius 2 is 1.42 bits per heavy atom. The molecule has 8 heteroatoms. The third-order valence-electron chi connectivity index (χ3n) is 5.61. The fourth-order valence-electron chi connectivity index (χ4n) is 3.93. The van der Waals surface area contributed by atoms with Crippen LogP contribution in [0.5, 0.6) is 28.7 Å². The normalized spacial score (nSPS) is 14.2. The van der Waals surface area contributed by atoms with E-state index in [2.05, 4.69) is 0 Å². The lowest BCUT2D eigenvalue weighted by Crippen LogP contribution is -3.13. The molecule has 0 bridgehead atoms. The summed E-state index contributed by atoms with van der Waals surface area (Å²) in [6, 6.07) is 9.17. The molecule has 168 valence electrons. The van der Waals surface area contributed by atoms with Crippen molar-refractivity contribution in [2.75, 3.05) is 61.7 Å². The van der Waals surface area contributed by atoms with Crippen molar-refractivity contribution in [3.63, 3.8) is 0 Å². The molecule has 0 aliphatic carbocycles. The lowest BCUT2D eigenvalue weighted by atomic mass is 10.1. The SMILES string of the molecule is COc1ccc(C(=O)N2CC[NH+](Cc3ccc(OC)c(OC)c3OC)CC2)cc1OC. The predicted molar refractivity (Wildman–Crippen MR) is 116 cm³/mol. The van der Waals surface area contributed by atoms with Crippen molar-refractivity contribution in [1.82, 2.24) is 4.90 Å². The molecule has 1 saturated heterocycles. The first-order valence-corrected chi connectivity index (χ1v) is 10.2. The zero-order chi connectivity index (χ0) is 22.4. The number of carbonyl (C=O) groups is 1. The van der Waals surface area contributed by atoms with Crippen LogP contribution in [0.2, 0.25) is 0 Å². The van der Waals surface area contributed by atoms with Crippen molar-refractivity contribution in [3.8, 4) is 28.7 Å². The fraction of sp³-hybridized carbons (Fsp3) is 0.435. The molecule has 1 aliphatic rings. The first-order chi connectivity index (χ1) is 15.1. The van der Waals surface area contributed by atoms with E-state index in [1.165, 1.54) is 4.90 Å². The van der Waals surface area contributed by atoms with Gasteiger partial charge in [-0.3, -0.25) is 4.79 Å². The summed E-state index contributed by atoms with van der Waals surface area (Å²) in [5.74, 6) is 3.10. The van der Waals surface area contributed by atoms with E-state index in [0.717, 1.165) is 25.2 Å². The van der Waals surface area contributed by atoms with Gasteiger partial charge in [-0.25, -0.2) is 0 Å². The zero-order valence-corrected chi connectivity index (χ0v) is 18.8. The quantitative estimate of drug-likeness (QED) is 0.679. The van der Waals surface area contributed by atoms with Gasteiger partial charge < -0.3 is 33.5 Å². The molecule has 1 N–H and O–H groups in total. The molecule has 3 rings (SSSR count). The van der Waals surface area contributed by atoms with E-state index in [4.69, 9.17) is 23.7 Å². The molecule has 1 aliphatic heterocycles. The van der Waals surface area contributed by atoms with Gasteiger partial charge in [0.05, 0.1) is 67.3 Å². The Hall–Kier alpha value is -3.13. The number of hydrogen-bond donors (Lipinski definition) is 1. The molecule has 0 spiro atoms. The molecular weight excluding hydrogens is 400 g/mol. The second-order valence-corrected chi connectivity index (χ2v) is 7.28. The highest BCUT2D eigenvalue weighted by Crippen LogP contribution is 2.39. The lowest BCUT2D eigenvalue weighted by molar-refractivity contribution is -0.917. The van der Waals surface area contributed by atoms with Crippen molar-refractivity contribution in [1.29, 1.82) is 0 Å². The second-order valence-electron chi connectivity index (χ2n) is 7.28. The van der Waals surface area contributed by atoms with Crippen LogP contribution < -0.4 is 28.6 Å². The van der Waals surface area contributed by atoms with Gasteiger partial charge in [-0.1, -0.05) is 0 Å². The van der Waals surface area contributed by atoms with Crippen LogP contribution in [0.25, 0.3) is 0 Å². The molecule has 0 radical (unpaired) electrons. The summed E-state index contributed by atoms with van der Waals surface area (Å²) in [6.07, 6.45) is 0. The Balaban J connectivity index is 1.66. The van der Waals surface area contributed by atoms with Gasteiger partial charge in [-0.05, 0) is 30.3 Å². The van der Waals surface area contributed by atoms with Crippen molar-refractivity contribution in [2.45, 2.75) is 6.54 Å². The zero-order valence-electron chi connectivity index (χ0n) is 18.8. The Kier molecular flexibility index (Phi) is 7.46. The molecule has 8 nitrogen and oxygen atoms in total. The fourth-order valence-corrected chi connectivity index (χ4v) is 3.93. The lowest BCUT2D eigenvalue weighted by Gasteiger charge is -2.32. The number of amides is 1. The highest BCUT2D eigenvalue weighted by Gasteiger charge is 2.27. The molecule has 2 aromatic carbocycles. The maximum atomic E-state index is 13.0. The number of nitrogens with one attached hydrogen (secondary N) is 1. The third-order valence-corrected chi connectivity index (χ3v) is 5.61. The van der Waals surface area contributed by atoms with Gasteiger partial charge in [0.2, 0.25) is 5.75 Å². The van der Waals surface area contributed by atoms with E-state index in [-0.39, 0.29) is 5.91 Å². The van der Waals surface area contributed by atoms with Crippen LogP contribution in [0.1, 0.15) is 15.9 Å². The highest BCUT2D eigenvalue weighted by molar-refractivity contribution is 5.95. The Morgan fingerprint density at radius 3 is 2.00 bits per heavy atom. The molecule has 0 atom stereocenters. The van der Waals surface area contributed by atoms with Gasteiger partial charge in [0.1, 0.15) is 6.54 Å². The molecule has 0 aromatic heterocycles. The Morgan fingerprint density at radius 1 is 0.806 bits per heavy atom. The monoisotopic (exact) mass is 431 g/mol. The summed E-state index contributed by atoms with van der Waals surface area (Å²) in [6.45, 7) is 3.82. The topological polar surface area (TPSA) is 70.9 Å². The van der Waals surface area contributed by atoms with Crippen LogP contribution >= 0.6 is 0 Å². The summed E-state index contributed by atoms with van der Waals surface area (Å²) in [4.78, 5) is 16.2. The summed E-state index contributed by atoms with van der Waals surface area (Å²) >= 11 is 0. The van der Waals surface area contributed by atoms with E-state index in [1.807, 2.05) is 17.0 Å². The van der Waals surface area contributed by atoms with Crippen molar-refractivity contribution < 1.29 is 33.4 Å². The van der Waals surface area contributed by atoms with Gasteiger partial charge in [0.15, 0.2) is 23.0 Å². The number of hydrogen-bond acceptors (Lipinski definition) is 6. The van der Waals surface area contributed by atoms with Gasteiger partial charge >= 0.3 is 0 Å². The number of ether oxygens (including phenoxy) is 5. The molecule has 0 unspecified atom stereocenters. The van der Waals surface area contributed by atoms with E-state index in [9.17, 15) is 4.79 Å². The molecular formula is C23H31N2O6+. The molecule has 2 aromatic rings. The summed E-state index contributed by atoms with van der Waals surface area (Å²) in [5, 5.41) is 0. The number of benzene rings is 2. The first-order valence-electron chi connectivity index (χ1n) is 10.2. The van der Waals surface area contributed by atoms with Crippen LogP contribution in [0.4, 0.5) is 0 Å². The Labute approximate surface area is 183 Å². The predicted octanol–water partition coefficient (Wildman–Crippen LogP) is 1.27. The third kappa shape index (κ3) is 4.80. The summed E-state index contributed by atoms with van der Waals surface area (Å²) in [5.41, 5.74) is 1.65. The van der Waals surface area contributed by atoms with Crippen LogP contribution in [0, 0.1) is 0 Å². The minimum Gasteiger partial charge on any atom is -0.493 e. The summed E-state index contributed by atoms with van der Waals surface area (Å²) in [7, 11) is 7.99. The van der Waals surface area contributed by atoms with E-state index in [0.29, 0.717) is 47.4 Å². The molecule has 31 heavy (non-hydrogen) atoms. The maximum absolute atomic E-state index is 13.0. The number of nitrogens with zero attached hydrogens (tertiary/aromatic N) is 1. The number of quaternary nitrogens is 1. The van der Waals surface area contributed by atoms with Gasteiger partial charge in [-0.2, -0.15) is 0 Å². The molecule has 1 heterocycles. The van der Waals surface area contributed by atoms with Gasteiger partial charge in [-0.15, -0.1) is 0 Å². The second kappa shape index (κ2) is 10.3. The Bertz CT molecular complexity index is 909. The summed E-state index contributed by atoms with van der Waals surface area (Å²) < 4.78 is 27.0. The van der Waals surface area contributed by atoms with Gasteiger partial charge in [0.25, 0.3) is 5.91 Å². The van der Waals surface area contributed by atoms with E-state index < -0.39 is 0 Å². The molecule has 1 amide bonds. The number of piperazine rings is 1. The van der Waals surface area contributed by atoms with E-state index >= 15 is 0 Å². The minimum atomic E-state index is 0.00343. The number of carbonyl (C=O) groups excluding carboxylic acids is 1. The molecule has 0 saturated carbocycles. The standard InChI is InChI=1S/C23H30N2O6/c1-27-18-8-6-16(14-20(18)29-3)23(26)25-12-10-24(11-13-25)15-17-7-9-19(28-2)22(31-5)21(17)30-4/h6-9,14H,10-13,15H2,1-5H3/p+1. The number of rotatable bonds is 8. The van der Waals surface area contributed by atoms with Crippen LogP contribution in [0.3, 0.4) is 0 Å². The smallest absolute Gasteiger partial charge is 0.254 e. The highest BCUT2D eigenvalue weighted by atomic mass is 16.5. The van der Waals surface area contributed by atoms with Crippen LogP contribution in [0.15, 0.2) is 30.3 Å². The van der Waals surface area contributed by atoms with Crippen molar-refractivity contribution in [3.05, 3.63) is 41.5 Å². The maximum Gasteiger partial charge on any atom is 0.254 e. The van der Waals surface area contributed by atoms with E-state index in [1.54, 1.807) is 53.7 Å². The van der Waals surface area contributed by atoms with Gasteiger partial charge in [0, 0.05) is 5.56 Å². The minimum absolute atomic E-state index is 0.00343. The van der Waals surface area contributed by atoms with Crippen LogP contribution in [-0.2, 0) is 6.54 Å². The average molecular weight is 432 g/mol. The van der Waals surface area contributed by atoms with Crippen LogP contribution in [-0.4, -0.2) is 72.5 Å². The van der Waals surface area contributed by atoms with Crippen molar-refractivity contribution in [2.24, 2.45) is 0 Å². The average Bonchev–Trinajstić information content (AvgIpc) is 2.83. The molecule has 1 fully saturated rings. The van der Waals surface area contributed by atoms with Crippen molar-refractivity contribution >= 4 is 5.91 Å². The largest absolute Gasteiger partial charge is 0.493 e. The number of methoxy groups -OCH3 is 5. The first kappa shape index (κ1) is 22.6.